The highest BCUT2D eigenvalue weighted by Crippen LogP contribution is 2.46. The minimum Gasteiger partial charge on any atom is -0.456 e. The number of nitrogens with zero attached hydrogens (tertiary/aromatic N) is 3. The number of furan rings is 1. The Kier molecular flexibility index (Phi) is 18.3. The van der Waals surface area contributed by atoms with E-state index in [1.54, 1.807) is 0 Å². The zero-order chi connectivity index (χ0) is 83.1. The minimum atomic E-state index is 0.917. The molecule has 6 heterocycles. The molecule has 0 unspecified atom stereocenters. The molecule has 20 aromatic carbocycles. The molecule has 0 N–H and O–H groups in total. The molecule has 0 amide bonds. The van der Waals surface area contributed by atoms with E-state index in [4.69, 9.17) is 4.42 Å². The Balaban J connectivity index is 0.000000106. The van der Waals surface area contributed by atoms with Crippen LogP contribution in [0.25, 0.3) is 234 Å². The van der Waals surface area contributed by atoms with E-state index in [2.05, 4.69) is 469 Å². The van der Waals surface area contributed by atoms with Gasteiger partial charge < -0.3 is 18.1 Å². The molecule has 0 atom stereocenters. The first-order valence-electron chi connectivity index (χ1n) is 43.0. The fourth-order valence-electron chi connectivity index (χ4n) is 19.2. The summed E-state index contributed by atoms with van der Waals surface area (Å²) >= 11 is 3.76. The van der Waals surface area contributed by atoms with Crippen molar-refractivity contribution >= 4 is 150 Å². The van der Waals surface area contributed by atoms with Gasteiger partial charge in [0.05, 0.1) is 33.1 Å². The molecule has 590 valence electrons. The summed E-state index contributed by atoms with van der Waals surface area (Å²) in [6.45, 7) is 0. The van der Waals surface area contributed by atoms with Gasteiger partial charge in [-0.25, -0.2) is 0 Å². The van der Waals surface area contributed by atoms with Crippen molar-refractivity contribution in [1.29, 1.82) is 0 Å². The second-order valence-electron chi connectivity index (χ2n) is 32.6. The average molecular weight is 1640 g/mol. The maximum Gasteiger partial charge on any atom is 0.135 e. The Morgan fingerprint density at radius 1 is 0.151 bits per heavy atom. The van der Waals surface area contributed by atoms with Crippen molar-refractivity contribution in [2.45, 2.75) is 0 Å². The van der Waals surface area contributed by atoms with Crippen LogP contribution in [0.5, 0.6) is 0 Å². The summed E-state index contributed by atoms with van der Waals surface area (Å²) in [5, 5.41) is 15.2. The Morgan fingerprint density at radius 3 is 0.944 bits per heavy atom. The van der Waals surface area contributed by atoms with Crippen molar-refractivity contribution in [3.63, 3.8) is 0 Å². The van der Waals surface area contributed by atoms with Crippen LogP contribution < -0.4 is 0 Å². The monoisotopic (exact) mass is 1640 g/mol. The summed E-state index contributed by atoms with van der Waals surface area (Å²) in [6.07, 6.45) is 0. The summed E-state index contributed by atoms with van der Waals surface area (Å²) in [6, 6.07) is 169. The van der Waals surface area contributed by atoms with Crippen LogP contribution in [0.1, 0.15) is 0 Å². The van der Waals surface area contributed by atoms with Crippen LogP contribution in [0, 0.1) is 0 Å². The summed E-state index contributed by atoms with van der Waals surface area (Å²) in [5.74, 6) is 0. The lowest BCUT2D eigenvalue weighted by Gasteiger charge is -2.14. The molecular formula is C120H77N3OS2. The smallest absolute Gasteiger partial charge is 0.135 e. The van der Waals surface area contributed by atoms with E-state index in [-0.39, 0.29) is 0 Å². The normalized spacial score (nSPS) is 11.7. The Bertz CT molecular complexity index is 8220. The van der Waals surface area contributed by atoms with Gasteiger partial charge in [0.1, 0.15) is 11.2 Å². The quantitative estimate of drug-likeness (QED) is 0.127. The van der Waals surface area contributed by atoms with Crippen molar-refractivity contribution in [2.75, 3.05) is 0 Å². The van der Waals surface area contributed by atoms with Crippen molar-refractivity contribution in [1.82, 2.24) is 13.7 Å². The molecule has 6 heteroatoms. The first kappa shape index (κ1) is 73.9. The summed E-state index contributed by atoms with van der Waals surface area (Å²) in [7, 11) is 0. The van der Waals surface area contributed by atoms with Gasteiger partial charge in [0.25, 0.3) is 0 Å². The third-order valence-electron chi connectivity index (χ3n) is 25.2. The van der Waals surface area contributed by atoms with Crippen LogP contribution in [0.4, 0.5) is 0 Å². The predicted molar refractivity (Wildman–Crippen MR) is 539 cm³/mol. The largest absolute Gasteiger partial charge is 0.456 e. The van der Waals surface area contributed by atoms with Crippen LogP contribution in [0.15, 0.2) is 472 Å². The minimum absolute atomic E-state index is 0.917. The van der Waals surface area contributed by atoms with Gasteiger partial charge in [0, 0.05) is 100 Å². The molecule has 0 fully saturated rings. The fraction of sp³-hybridized carbons (Fsp3) is 0. The van der Waals surface area contributed by atoms with Crippen molar-refractivity contribution in [2.24, 2.45) is 0 Å². The number of thiophene rings is 2. The molecule has 26 rings (SSSR count). The zero-order valence-corrected chi connectivity index (χ0v) is 70.2. The highest BCUT2D eigenvalue weighted by Gasteiger charge is 2.22. The summed E-state index contributed by atoms with van der Waals surface area (Å²) in [4.78, 5) is 0. The van der Waals surface area contributed by atoms with Crippen molar-refractivity contribution in [3.05, 3.63) is 467 Å². The van der Waals surface area contributed by atoms with Crippen LogP contribution in [-0.4, -0.2) is 13.7 Å². The first-order chi connectivity index (χ1) is 62.4. The van der Waals surface area contributed by atoms with E-state index in [1.807, 2.05) is 34.8 Å². The summed E-state index contributed by atoms with van der Waals surface area (Å²) < 4.78 is 18.7. The van der Waals surface area contributed by atoms with Gasteiger partial charge in [-0.3, -0.25) is 0 Å². The Labute approximate surface area is 736 Å². The van der Waals surface area contributed by atoms with E-state index in [1.165, 1.54) is 200 Å². The molecule has 0 spiro atoms. The van der Waals surface area contributed by atoms with Crippen molar-refractivity contribution in [3.8, 4) is 106 Å². The maximum atomic E-state index is 6.10. The maximum absolute atomic E-state index is 6.10. The second kappa shape index (κ2) is 31.2. The standard InChI is InChI=1S/C42H27NO.C42H27NS.C36H23NS/c2*1-3-11-28(12-4-1)32-23-33(29-13-5-2-6-14-29)25-34(24-32)43-39-17-9-7-15-35(39)37-26-30(19-21-40(37)43)31-20-22-42-38(27-31)36-16-8-10-18-41(36)44-42;1-2-9-24(10-3-1)25-17-20-27(21-18-25)37-33-15-6-4-11-29(33)32-23-26(19-22-34(32)37)28-13-8-14-31-30-12-5-7-16-35(30)38-36(28)31/h2*1-27H;1-23H. The van der Waals surface area contributed by atoms with Crippen LogP contribution >= 0.6 is 22.7 Å². The number of hydrogen-bond donors (Lipinski definition) is 0. The lowest BCUT2D eigenvalue weighted by atomic mass is 9.98. The van der Waals surface area contributed by atoms with Gasteiger partial charge >= 0.3 is 0 Å². The molecule has 0 bridgehead atoms. The molecule has 6 aromatic heterocycles. The number of benzene rings is 20. The van der Waals surface area contributed by atoms with Gasteiger partial charge in [-0.2, -0.15) is 0 Å². The van der Waals surface area contributed by atoms with Gasteiger partial charge in [0.15, 0.2) is 0 Å². The Morgan fingerprint density at radius 2 is 0.460 bits per heavy atom. The molecule has 0 aliphatic carbocycles. The number of aromatic nitrogens is 3. The molecule has 0 aliphatic rings. The molecule has 126 heavy (non-hydrogen) atoms. The molecule has 0 saturated carbocycles. The number of rotatable bonds is 11. The summed E-state index contributed by atoms with van der Waals surface area (Å²) in [5.41, 5.74) is 32.1. The average Bonchev–Trinajstić information content (AvgIpc) is 1.59. The number of hydrogen-bond acceptors (Lipinski definition) is 3. The van der Waals surface area contributed by atoms with Gasteiger partial charge in [0.2, 0.25) is 0 Å². The molecule has 0 aliphatic heterocycles. The van der Waals surface area contributed by atoms with E-state index in [0.29, 0.717) is 0 Å². The van der Waals surface area contributed by atoms with Crippen LogP contribution in [0.3, 0.4) is 0 Å². The number of para-hydroxylation sites is 4. The van der Waals surface area contributed by atoms with Crippen molar-refractivity contribution < 1.29 is 4.42 Å². The number of fused-ring (bicyclic) bond motifs is 18. The highest BCUT2D eigenvalue weighted by molar-refractivity contribution is 7.26. The fourth-order valence-corrected chi connectivity index (χ4v) is 21.5. The predicted octanol–water partition coefficient (Wildman–Crippen LogP) is 34.3. The molecule has 0 saturated heterocycles. The van der Waals surface area contributed by atoms with E-state index >= 15 is 0 Å². The van der Waals surface area contributed by atoms with Gasteiger partial charge in [-0.15, -0.1) is 22.7 Å². The molecular weight excluding hydrogens is 1560 g/mol. The second-order valence-corrected chi connectivity index (χ2v) is 34.7. The van der Waals surface area contributed by atoms with E-state index in [9.17, 15) is 0 Å². The van der Waals surface area contributed by atoms with Gasteiger partial charge in [-0.05, 0) is 235 Å². The lowest BCUT2D eigenvalue weighted by molar-refractivity contribution is 0.669. The Hall–Kier alpha value is -16.0. The van der Waals surface area contributed by atoms with E-state index in [0.717, 1.165) is 33.3 Å². The molecule has 4 nitrogen and oxygen atoms in total. The topological polar surface area (TPSA) is 27.9 Å². The first-order valence-corrected chi connectivity index (χ1v) is 44.6. The van der Waals surface area contributed by atoms with Crippen LogP contribution in [-0.2, 0) is 0 Å². The van der Waals surface area contributed by atoms with Crippen LogP contribution in [0.2, 0.25) is 0 Å². The van der Waals surface area contributed by atoms with E-state index < -0.39 is 0 Å². The lowest BCUT2D eigenvalue weighted by Crippen LogP contribution is -1.96. The zero-order valence-electron chi connectivity index (χ0n) is 68.5. The SMILES string of the molecule is c1ccc(-c2cc(-c3ccccc3)cc(-n3c4ccccc4c4cc(-c5ccc6oc7ccccc7c6c5)ccc43)c2)cc1.c1ccc(-c2cc(-c3ccccc3)cc(-n3c4ccccc4c4cc(-c5ccc6sc7ccccc7c6c5)ccc43)c2)cc1.c1ccc(-c2ccc(-n3c4ccccc4c4cc(-c5cccc6c5sc5ccccc56)ccc43)cc2)cc1. The van der Waals surface area contributed by atoms with Gasteiger partial charge in [-0.1, -0.05) is 322 Å². The highest BCUT2D eigenvalue weighted by atomic mass is 32.1. The third-order valence-corrected chi connectivity index (χ3v) is 27.5. The molecule has 0 radical (unpaired) electrons. The third kappa shape index (κ3) is 13.1. The molecule has 26 aromatic rings.